The average molecular weight is 172 g/mol. The van der Waals surface area contributed by atoms with Crippen LogP contribution in [0.1, 0.15) is 13.8 Å². The zero-order valence-corrected chi connectivity index (χ0v) is 7.05. The second kappa shape index (κ2) is 2.75. The van der Waals surface area contributed by atoms with Crippen molar-refractivity contribution in [3.8, 4) is 0 Å². The Labute approximate surface area is 70.1 Å². The summed E-state index contributed by atoms with van der Waals surface area (Å²) in [4.78, 5) is 22.3. The van der Waals surface area contributed by atoms with Crippen LogP contribution in [0.25, 0.3) is 0 Å². The van der Waals surface area contributed by atoms with Crippen LogP contribution in [0.4, 0.5) is 0 Å². The van der Waals surface area contributed by atoms with E-state index in [4.69, 9.17) is 5.11 Å². The fourth-order valence-corrected chi connectivity index (χ4v) is 0.970. The van der Waals surface area contributed by atoms with Crippen LogP contribution in [-0.4, -0.2) is 35.1 Å². The average Bonchev–Trinajstić information content (AvgIpc) is 2.01. The minimum absolute atomic E-state index is 0.272. The van der Waals surface area contributed by atoms with Gasteiger partial charge in [-0.1, -0.05) is 0 Å². The lowest BCUT2D eigenvalue weighted by Gasteiger charge is -2.34. The standard InChI is InChI=1S/C7H12N2O3/c1-4-5(11)9-7(2,3-10)6(12)8-4/h4,10H,3H2,1-2H3,(H,8,12)(H,9,11). The molecule has 1 saturated heterocycles. The van der Waals surface area contributed by atoms with Crippen molar-refractivity contribution in [3.63, 3.8) is 0 Å². The normalized spacial score (nSPS) is 35.8. The van der Waals surface area contributed by atoms with Crippen LogP contribution in [0.3, 0.4) is 0 Å². The molecule has 3 N–H and O–H groups in total. The predicted molar refractivity (Wildman–Crippen MR) is 41.2 cm³/mol. The highest BCUT2D eigenvalue weighted by Crippen LogP contribution is 2.08. The highest BCUT2D eigenvalue weighted by molar-refractivity contribution is 5.99. The van der Waals surface area contributed by atoms with Gasteiger partial charge in [0.25, 0.3) is 0 Å². The van der Waals surface area contributed by atoms with Crippen LogP contribution in [-0.2, 0) is 9.59 Å². The van der Waals surface area contributed by atoms with Gasteiger partial charge >= 0.3 is 0 Å². The second-order valence-electron chi connectivity index (χ2n) is 3.17. The van der Waals surface area contributed by atoms with E-state index in [9.17, 15) is 9.59 Å². The van der Waals surface area contributed by atoms with Crippen molar-refractivity contribution in [1.29, 1.82) is 0 Å². The van der Waals surface area contributed by atoms with Crippen molar-refractivity contribution in [3.05, 3.63) is 0 Å². The number of amides is 2. The SMILES string of the molecule is CC1NC(=O)C(C)(CO)NC1=O. The molecule has 0 saturated carbocycles. The first-order valence-electron chi connectivity index (χ1n) is 3.73. The van der Waals surface area contributed by atoms with E-state index in [1.807, 2.05) is 0 Å². The van der Waals surface area contributed by atoms with Crippen molar-refractivity contribution in [2.45, 2.75) is 25.4 Å². The summed E-state index contributed by atoms with van der Waals surface area (Å²) in [5.41, 5.74) is -1.16. The quantitative estimate of drug-likeness (QED) is 0.444. The number of aliphatic hydroxyl groups excluding tert-OH is 1. The summed E-state index contributed by atoms with van der Waals surface area (Å²) in [6.45, 7) is 2.67. The topological polar surface area (TPSA) is 78.4 Å². The number of nitrogens with one attached hydrogen (secondary N) is 2. The van der Waals surface area contributed by atoms with Gasteiger partial charge in [-0.15, -0.1) is 0 Å². The van der Waals surface area contributed by atoms with Crippen LogP contribution in [0.15, 0.2) is 0 Å². The van der Waals surface area contributed by atoms with Crippen LogP contribution < -0.4 is 10.6 Å². The molecule has 68 valence electrons. The van der Waals surface area contributed by atoms with Gasteiger partial charge < -0.3 is 15.7 Å². The number of rotatable bonds is 1. The third-order valence-electron chi connectivity index (χ3n) is 1.96. The Morgan fingerprint density at radius 1 is 1.58 bits per heavy atom. The minimum atomic E-state index is -1.16. The predicted octanol–water partition coefficient (Wildman–Crippen LogP) is -1.63. The summed E-state index contributed by atoms with van der Waals surface area (Å²) in [5.74, 6) is -0.622. The molecule has 0 spiro atoms. The largest absolute Gasteiger partial charge is 0.393 e. The molecule has 0 aromatic rings. The van der Waals surface area contributed by atoms with Crippen molar-refractivity contribution in [2.75, 3.05) is 6.61 Å². The molecule has 0 aromatic heterocycles. The first-order valence-corrected chi connectivity index (χ1v) is 3.73. The maximum Gasteiger partial charge on any atom is 0.248 e. The van der Waals surface area contributed by atoms with E-state index < -0.39 is 18.2 Å². The molecular weight excluding hydrogens is 160 g/mol. The summed E-state index contributed by atoms with van der Waals surface area (Å²) in [5, 5.41) is 13.7. The maximum atomic E-state index is 11.2. The van der Waals surface area contributed by atoms with E-state index in [1.54, 1.807) is 6.92 Å². The summed E-state index contributed by atoms with van der Waals surface area (Å²) in [6.07, 6.45) is 0. The lowest BCUT2D eigenvalue weighted by atomic mass is 9.98. The third kappa shape index (κ3) is 1.27. The molecule has 12 heavy (non-hydrogen) atoms. The van der Waals surface area contributed by atoms with Crippen LogP contribution in [0.2, 0.25) is 0 Å². The number of aliphatic hydroxyl groups is 1. The molecule has 1 fully saturated rings. The Morgan fingerprint density at radius 3 is 2.67 bits per heavy atom. The Kier molecular flexibility index (Phi) is 2.06. The van der Waals surface area contributed by atoms with Crippen LogP contribution in [0.5, 0.6) is 0 Å². The molecule has 1 aliphatic heterocycles. The molecule has 2 amide bonds. The number of hydrogen-bond acceptors (Lipinski definition) is 3. The Hall–Kier alpha value is -1.10. The Morgan fingerprint density at radius 2 is 2.17 bits per heavy atom. The number of carbonyl (C=O) groups is 2. The fraction of sp³-hybridized carbons (Fsp3) is 0.714. The lowest BCUT2D eigenvalue weighted by Crippen LogP contribution is -2.68. The smallest absolute Gasteiger partial charge is 0.248 e. The fourth-order valence-electron chi connectivity index (χ4n) is 0.970. The van der Waals surface area contributed by atoms with Crippen molar-refractivity contribution in [1.82, 2.24) is 10.6 Å². The van der Waals surface area contributed by atoms with E-state index in [2.05, 4.69) is 10.6 Å². The zero-order valence-electron chi connectivity index (χ0n) is 7.05. The van der Waals surface area contributed by atoms with Gasteiger partial charge in [0.1, 0.15) is 11.6 Å². The molecular formula is C7H12N2O3. The monoisotopic (exact) mass is 172 g/mol. The summed E-state index contributed by atoms with van der Waals surface area (Å²) < 4.78 is 0. The van der Waals surface area contributed by atoms with E-state index >= 15 is 0 Å². The van der Waals surface area contributed by atoms with Crippen molar-refractivity contribution in [2.24, 2.45) is 0 Å². The van der Waals surface area contributed by atoms with Gasteiger partial charge in [0.15, 0.2) is 0 Å². The molecule has 0 bridgehead atoms. The number of carbonyl (C=O) groups excluding carboxylic acids is 2. The molecule has 2 unspecified atom stereocenters. The van der Waals surface area contributed by atoms with E-state index in [0.717, 1.165) is 0 Å². The molecule has 1 heterocycles. The molecule has 5 heteroatoms. The first-order chi connectivity index (χ1) is 5.49. The van der Waals surface area contributed by atoms with Gasteiger partial charge in [-0.2, -0.15) is 0 Å². The second-order valence-corrected chi connectivity index (χ2v) is 3.17. The highest BCUT2D eigenvalue weighted by Gasteiger charge is 2.40. The van der Waals surface area contributed by atoms with Crippen molar-refractivity contribution >= 4 is 11.8 Å². The van der Waals surface area contributed by atoms with E-state index in [0.29, 0.717) is 0 Å². The molecule has 1 aliphatic rings. The molecule has 0 radical (unpaired) electrons. The van der Waals surface area contributed by atoms with Gasteiger partial charge in [0, 0.05) is 0 Å². The van der Waals surface area contributed by atoms with Gasteiger partial charge in [0.2, 0.25) is 11.8 Å². The van der Waals surface area contributed by atoms with Crippen LogP contribution in [0, 0.1) is 0 Å². The molecule has 0 aliphatic carbocycles. The number of hydrogen-bond donors (Lipinski definition) is 3. The summed E-state index contributed by atoms with van der Waals surface area (Å²) in [6, 6.07) is -0.517. The zero-order chi connectivity index (χ0) is 9.35. The maximum absolute atomic E-state index is 11.2. The lowest BCUT2D eigenvalue weighted by molar-refractivity contribution is -0.142. The molecule has 1 rings (SSSR count). The van der Waals surface area contributed by atoms with E-state index in [1.165, 1.54) is 6.92 Å². The van der Waals surface area contributed by atoms with Crippen molar-refractivity contribution < 1.29 is 14.7 Å². The first kappa shape index (κ1) is 8.99. The van der Waals surface area contributed by atoms with Gasteiger partial charge in [-0.3, -0.25) is 9.59 Å². The molecule has 5 nitrogen and oxygen atoms in total. The van der Waals surface area contributed by atoms with Gasteiger partial charge in [-0.25, -0.2) is 0 Å². The van der Waals surface area contributed by atoms with Crippen LogP contribution >= 0.6 is 0 Å². The minimum Gasteiger partial charge on any atom is -0.393 e. The Bertz CT molecular complexity index is 229. The van der Waals surface area contributed by atoms with Gasteiger partial charge in [0.05, 0.1) is 6.61 Å². The summed E-state index contributed by atoms with van der Waals surface area (Å²) >= 11 is 0. The molecule has 2 atom stereocenters. The Balaban J connectivity index is 2.81. The summed E-state index contributed by atoms with van der Waals surface area (Å²) in [7, 11) is 0. The number of piperazine rings is 1. The molecule has 0 aromatic carbocycles. The van der Waals surface area contributed by atoms with E-state index in [-0.39, 0.29) is 11.8 Å². The highest BCUT2D eigenvalue weighted by atomic mass is 16.3. The van der Waals surface area contributed by atoms with Gasteiger partial charge in [-0.05, 0) is 13.8 Å². The third-order valence-corrected chi connectivity index (χ3v) is 1.96.